The second-order valence-electron chi connectivity index (χ2n) is 23.5. The van der Waals surface area contributed by atoms with Gasteiger partial charge in [-0.3, -0.25) is 9.59 Å². The van der Waals surface area contributed by atoms with E-state index >= 15 is 0 Å². The van der Waals surface area contributed by atoms with Crippen LogP contribution in [-0.4, -0.2) is 47.4 Å². The van der Waals surface area contributed by atoms with Crippen LogP contribution < -0.4 is 5.32 Å². The number of rotatable bonds is 64. The van der Waals surface area contributed by atoms with E-state index < -0.39 is 12.1 Å². The van der Waals surface area contributed by atoms with Crippen molar-refractivity contribution in [2.45, 2.75) is 392 Å². The third kappa shape index (κ3) is 61.4. The molecule has 0 aromatic heterocycles. The second-order valence-corrected chi connectivity index (χ2v) is 23.5. The zero-order chi connectivity index (χ0) is 54.3. The fourth-order valence-corrected chi connectivity index (χ4v) is 10.7. The number of unbranched alkanes of at least 4 members (excludes halogenated alkanes) is 49. The zero-order valence-corrected chi connectivity index (χ0v) is 50.8. The number of aliphatic hydroxyl groups excluding tert-OH is 2. The number of aliphatic hydroxyl groups is 2. The van der Waals surface area contributed by atoms with Crippen LogP contribution in [0, 0.1) is 0 Å². The summed E-state index contributed by atoms with van der Waals surface area (Å²) in [5.74, 6) is -0.0490. The van der Waals surface area contributed by atoms with Crippen LogP contribution in [0.4, 0.5) is 0 Å². The van der Waals surface area contributed by atoms with Gasteiger partial charge in [0.05, 0.1) is 25.4 Å². The smallest absolute Gasteiger partial charge is 0.305 e. The third-order valence-corrected chi connectivity index (χ3v) is 16.0. The van der Waals surface area contributed by atoms with Gasteiger partial charge in [-0.05, 0) is 77.0 Å². The van der Waals surface area contributed by atoms with Gasteiger partial charge in [-0.25, -0.2) is 0 Å². The highest BCUT2D eigenvalue weighted by atomic mass is 16.5. The molecule has 0 fully saturated rings. The Hall–Kier alpha value is -1.66. The Bertz CT molecular complexity index is 1170. The number of amides is 1. The lowest BCUT2D eigenvalue weighted by Crippen LogP contribution is -2.45. The third-order valence-electron chi connectivity index (χ3n) is 16.0. The summed E-state index contributed by atoms with van der Waals surface area (Å²) in [6, 6.07) is -0.553. The van der Waals surface area contributed by atoms with Crippen molar-refractivity contribution in [1.29, 1.82) is 0 Å². The summed E-state index contributed by atoms with van der Waals surface area (Å²) < 4.78 is 5.48. The Kier molecular flexibility index (Phi) is 63.4. The molecule has 444 valence electrons. The molecule has 0 aliphatic carbocycles. The quantitative estimate of drug-likeness (QED) is 0.0320. The van der Waals surface area contributed by atoms with Crippen LogP contribution >= 0.6 is 0 Å². The van der Waals surface area contributed by atoms with Gasteiger partial charge < -0.3 is 20.3 Å². The lowest BCUT2D eigenvalue weighted by Gasteiger charge is -2.22. The van der Waals surface area contributed by atoms with E-state index in [1.54, 1.807) is 0 Å². The molecule has 2 unspecified atom stereocenters. The molecule has 0 radical (unpaired) electrons. The summed E-state index contributed by atoms with van der Waals surface area (Å²) in [6.07, 6.45) is 80.6. The molecule has 0 aliphatic rings. The van der Waals surface area contributed by atoms with Crippen molar-refractivity contribution in [2.75, 3.05) is 13.2 Å². The summed E-state index contributed by atoms with van der Waals surface area (Å²) >= 11 is 0. The van der Waals surface area contributed by atoms with E-state index in [2.05, 4.69) is 43.5 Å². The van der Waals surface area contributed by atoms with Gasteiger partial charge in [0.15, 0.2) is 0 Å². The van der Waals surface area contributed by atoms with Gasteiger partial charge in [0, 0.05) is 12.8 Å². The first-order chi connectivity index (χ1) is 37.0. The maximum atomic E-state index is 12.5. The van der Waals surface area contributed by atoms with E-state index in [9.17, 15) is 19.8 Å². The molecule has 0 rings (SSSR count). The summed E-state index contributed by atoms with van der Waals surface area (Å²) in [4.78, 5) is 24.6. The van der Waals surface area contributed by atoms with E-state index in [-0.39, 0.29) is 18.5 Å². The van der Waals surface area contributed by atoms with Gasteiger partial charge in [-0.2, -0.15) is 0 Å². The minimum Gasteiger partial charge on any atom is -0.466 e. The molecular formula is C69H133NO5. The maximum absolute atomic E-state index is 12.5. The summed E-state index contributed by atoms with van der Waals surface area (Å²) in [6.45, 7) is 4.96. The molecule has 0 saturated heterocycles. The van der Waals surface area contributed by atoms with Crippen molar-refractivity contribution in [3.63, 3.8) is 0 Å². The van der Waals surface area contributed by atoms with E-state index in [0.717, 1.165) is 57.8 Å². The molecule has 75 heavy (non-hydrogen) atoms. The monoisotopic (exact) mass is 1060 g/mol. The Labute approximate surface area is 469 Å². The predicted molar refractivity (Wildman–Crippen MR) is 329 cm³/mol. The first-order valence-corrected chi connectivity index (χ1v) is 34.1. The molecule has 0 heterocycles. The second kappa shape index (κ2) is 64.9. The minimum atomic E-state index is -0.675. The predicted octanol–water partition coefficient (Wildman–Crippen LogP) is 21.8. The van der Waals surface area contributed by atoms with Crippen molar-refractivity contribution in [3.05, 3.63) is 24.3 Å². The van der Waals surface area contributed by atoms with Crippen LogP contribution in [0.15, 0.2) is 24.3 Å². The topological polar surface area (TPSA) is 95.9 Å². The van der Waals surface area contributed by atoms with Gasteiger partial charge in [-0.1, -0.05) is 314 Å². The van der Waals surface area contributed by atoms with Crippen molar-refractivity contribution in [2.24, 2.45) is 0 Å². The Balaban J connectivity index is 3.44. The molecular weight excluding hydrogens is 923 g/mol. The largest absolute Gasteiger partial charge is 0.466 e. The van der Waals surface area contributed by atoms with Crippen LogP contribution in [-0.2, 0) is 14.3 Å². The Morgan fingerprint density at radius 2 is 0.627 bits per heavy atom. The molecule has 0 bridgehead atoms. The van der Waals surface area contributed by atoms with E-state index in [0.29, 0.717) is 25.9 Å². The molecule has 0 aromatic rings. The van der Waals surface area contributed by atoms with Gasteiger partial charge in [-0.15, -0.1) is 0 Å². The van der Waals surface area contributed by atoms with Gasteiger partial charge in [0.1, 0.15) is 0 Å². The lowest BCUT2D eigenvalue weighted by molar-refractivity contribution is -0.143. The maximum Gasteiger partial charge on any atom is 0.305 e. The number of esters is 1. The van der Waals surface area contributed by atoms with E-state index in [1.807, 2.05) is 0 Å². The summed E-state index contributed by atoms with van der Waals surface area (Å²) in [5, 5.41) is 23.4. The minimum absolute atomic E-state index is 0.00392. The molecule has 3 N–H and O–H groups in total. The first-order valence-electron chi connectivity index (χ1n) is 34.1. The Morgan fingerprint density at radius 3 is 0.947 bits per heavy atom. The number of carbonyl (C=O) groups excluding carboxylic acids is 2. The Morgan fingerprint density at radius 1 is 0.360 bits per heavy atom. The van der Waals surface area contributed by atoms with Crippen molar-refractivity contribution >= 4 is 11.9 Å². The number of allylic oxidation sites excluding steroid dienone is 4. The lowest BCUT2D eigenvalue weighted by atomic mass is 10.0. The molecule has 6 heteroatoms. The average Bonchev–Trinajstić information content (AvgIpc) is 3.41. The standard InChI is InChI=1S/C69H133NO5/c1-3-5-7-9-11-13-15-17-19-20-21-22-23-24-25-26-27-30-34-37-41-45-49-53-57-61-67(72)66(65-71)70-68(73)62-58-54-50-46-42-38-35-31-28-29-32-36-40-44-48-52-56-60-64-75-69(74)63-59-55-51-47-43-39-33-18-16-14-12-10-8-6-4-2/h18,31,33,35,66-67,71-72H,3-17,19-30,32,34,36-65H2,1-2H3,(H,70,73)/b33-18-,35-31-. The highest BCUT2D eigenvalue weighted by Gasteiger charge is 2.20. The van der Waals surface area contributed by atoms with Crippen molar-refractivity contribution in [1.82, 2.24) is 5.32 Å². The number of hydrogen-bond acceptors (Lipinski definition) is 5. The number of nitrogens with one attached hydrogen (secondary N) is 1. The van der Waals surface area contributed by atoms with Crippen LogP contribution in [0.5, 0.6) is 0 Å². The van der Waals surface area contributed by atoms with Gasteiger partial charge in [0.25, 0.3) is 0 Å². The highest BCUT2D eigenvalue weighted by Crippen LogP contribution is 2.18. The van der Waals surface area contributed by atoms with E-state index in [1.165, 1.54) is 289 Å². The SMILES string of the molecule is CCCCCCCC/C=C\CCCCCCCC(=O)OCCCCCCCCCCC/C=C\CCCCCCCC(=O)NC(CO)C(O)CCCCCCCCCCCCCCCCCCCCCCCCCCC. The van der Waals surface area contributed by atoms with Gasteiger partial charge in [0.2, 0.25) is 5.91 Å². The molecule has 0 aliphatic heterocycles. The zero-order valence-electron chi connectivity index (χ0n) is 50.8. The fraction of sp³-hybridized carbons (Fsp3) is 0.913. The number of hydrogen-bond donors (Lipinski definition) is 3. The van der Waals surface area contributed by atoms with Gasteiger partial charge >= 0.3 is 5.97 Å². The number of carbonyl (C=O) groups is 2. The highest BCUT2D eigenvalue weighted by molar-refractivity contribution is 5.76. The molecule has 1 amide bonds. The molecule has 0 spiro atoms. The molecule has 2 atom stereocenters. The fourth-order valence-electron chi connectivity index (χ4n) is 10.7. The number of ether oxygens (including phenoxy) is 1. The normalized spacial score (nSPS) is 12.6. The molecule has 0 saturated carbocycles. The van der Waals surface area contributed by atoms with Crippen molar-refractivity contribution < 1.29 is 24.5 Å². The van der Waals surface area contributed by atoms with Crippen LogP contribution in [0.2, 0.25) is 0 Å². The molecule has 6 nitrogen and oxygen atoms in total. The van der Waals surface area contributed by atoms with E-state index in [4.69, 9.17) is 4.74 Å². The average molecular weight is 1060 g/mol. The summed E-state index contributed by atoms with van der Waals surface area (Å²) in [7, 11) is 0. The van der Waals surface area contributed by atoms with Crippen LogP contribution in [0.1, 0.15) is 380 Å². The molecule has 0 aromatic carbocycles. The first kappa shape index (κ1) is 73.3. The summed E-state index contributed by atoms with van der Waals surface area (Å²) in [5.41, 5.74) is 0. The van der Waals surface area contributed by atoms with Crippen molar-refractivity contribution in [3.8, 4) is 0 Å². The van der Waals surface area contributed by atoms with Crippen LogP contribution in [0.3, 0.4) is 0 Å². The van der Waals surface area contributed by atoms with Crippen LogP contribution in [0.25, 0.3) is 0 Å².